The monoisotopic (exact) mass is 193 g/mol. The highest BCUT2D eigenvalue weighted by Crippen LogP contribution is 2.02. The molecule has 0 spiro atoms. The van der Waals surface area contributed by atoms with Crippen LogP contribution in [0, 0.1) is 0 Å². The third-order valence-electron chi connectivity index (χ3n) is 1.70. The molecule has 4 nitrogen and oxygen atoms in total. The van der Waals surface area contributed by atoms with E-state index < -0.39 is 15.4 Å². The molecule has 0 radical (unpaired) electrons. The fourth-order valence-electron chi connectivity index (χ4n) is 0.641. The Balaban J connectivity index is 4.20. The van der Waals surface area contributed by atoms with E-state index in [9.17, 15) is 8.42 Å². The summed E-state index contributed by atoms with van der Waals surface area (Å²) >= 11 is 0. The van der Waals surface area contributed by atoms with Crippen LogP contribution in [0.25, 0.3) is 0 Å². The molecular weight excluding hydrogens is 178 g/mol. The van der Waals surface area contributed by atoms with Crippen molar-refractivity contribution in [3.63, 3.8) is 0 Å². The van der Waals surface area contributed by atoms with E-state index in [1.54, 1.807) is 19.2 Å². The van der Waals surface area contributed by atoms with Crippen molar-refractivity contribution in [3.8, 4) is 0 Å². The van der Waals surface area contributed by atoms with Crippen molar-refractivity contribution < 1.29 is 13.0 Å². The number of hydrogen-bond donors (Lipinski definition) is 2. The van der Waals surface area contributed by atoms with E-state index in [4.69, 9.17) is 4.55 Å². The van der Waals surface area contributed by atoms with E-state index in [1.165, 1.54) is 6.92 Å². The summed E-state index contributed by atoms with van der Waals surface area (Å²) in [5.41, 5.74) is 0. The maximum Gasteiger partial charge on any atom is 0.269 e. The van der Waals surface area contributed by atoms with E-state index in [1.807, 2.05) is 6.92 Å². The first-order valence-electron chi connectivity index (χ1n) is 3.73. The van der Waals surface area contributed by atoms with E-state index in [-0.39, 0.29) is 6.04 Å². The smallest absolute Gasteiger partial charge is 0.269 e. The second-order valence-electron chi connectivity index (χ2n) is 2.68. The maximum absolute atomic E-state index is 10.6. The molecule has 0 rings (SSSR count). The van der Waals surface area contributed by atoms with Gasteiger partial charge in [-0.1, -0.05) is 6.08 Å². The molecule has 0 aliphatic carbocycles. The summed E-state index contributed by atoms with van der Waals surface area (Å²) in [7, 11) is -3.93. The fourth-order valence-corrected chi connectivity index (χ4v) is 1.24. The predicted octanol–water partition coefficient (Wildman–Crippen LogP) is 0.774. The second kappa shape index (κ2) is 4.47. The van der Waals surface area contributed by atoms with E-state index >= 15 is 0 Å². The lowest BCUT2D eigenvalue weighted by Gasteiger charge is -2.16. The van der Waals surface area contributed by atoms with Crippen LogP contribution in [0.2, 0.25) is 0 Å². The number of rotatable bonds is 4. The molecule has 2 N–H and O–H groups in total. The normalized spacial score (nSPS) is 17.7. The molecule has 0 aromatic heterocycles. The zero-order valence-electron chi connectivity index (χ0n) is 7.48. The van der Waals surface area contributed by atoms with Gasteiger partial charge in [-0.25, -0.2) is 0 Å². The molecule has 0 aromatic carbocycles. The van der Waals surface area contributed by atoms with Gasteiger partial charge in [0, 0.05) is 6.04 Å². The molecule has 0 amide bonds. The zero-order chi connectivity index (χ0) is 9.78. The van der Waals surface area contributed by atoms with Gasteiger partial charge < -0.3 is 5.32 Å². The third-order valence-corrected chi connectivity index (χ3v) is 3.05. The predicted molar refractivity (Wildman–Crippen MR) is 48.4 cm³/mol. The minimum absolute atomic E-state index is 0.295. The summed E-state index contributed by atoms with van der Waals surface area (Å²) in [6.45, 7) is 4.97. The summed E-state index contributed by atoms with van der Waals surface area (Å²) in [6.07, 6.45) is 3.40. The Morgan fingerprint density at radius 2 is 1.92 bits per heavy atom. The summed E-state index contributed by atoms with van der Waals surface area (Å²) in [4.78, 5) is 0. The molecule has 0 aliphatic rings. The van der Waals surface area contributed by atoms with Crippen molar-refractivity contribution in [2.45, 2.75) is 32.1 Å². The summed E-state index contributed by atoms with van der Waals surface area (Å²) < 4.78 is 29.9. The Labute approximate surface area is 73.4 Å². The molecule has 2 unspecified atom stereocenters. The molecule has 0 saturated heterocycles. The Kier molecular flexibility index (Phi) is 4.26. The summed E-state index contributed by atoms with van der Waals surface area (Å²) in [5.74, 6) is 0. The minimum Gasteiger partial charge on any atom is -0.387 e. The van der Waals surface area contributed by atoms with Gasteiger partial charge in [0.15, 0.2) is 0 Å². The van der Waals surface area contributed by atoms with Crippen LogP contribution in [0.15, 0.2) is 12.3 Å². The Morgan fingerprint density at radius 3 is 2.25 bits per heavy atom. The van der Waals surface area contributed by atoms with Crippen LogP contribution >= 0.6 is 0 Å². The van der Waals surface area contributed by atoms with E-state index in [0.717, 1.165) is 0 Å². The minimum atomic E-state index is -3.93. The average molecular weight is 193 g/mol. The number of allylic oxidation sites excluding steroid dienone is 1. The molecule has 2 atom stereocenters. The van der Waals surface area contributed by atoms with E-state index in [0.29, 0.717) is 0 Å². The van der Waals surface area contributed by atoms with Crippen LogP contribution < -0.4 is 5.32 Å². The first-order valence-corrected chi connectivity index (χ1v) is 5.23. The maximum atomic E-state index is 10.6. The molecule has 0 heterocycles. The molecule has 0 saturated carbocycles. The van der Waals surface area contributed by atoms with Crippen molar-refractivity contribution in [1.82, 2.24) is 5.32 Å². The van der Waals surface area contributed by atoms with E-state index in [2.05, 4.69) is 5.32 Å². The van der Waals surface area contributed by atoms with Crippen molar-refractivity contribution in [2.75, 3.05) is 0 Å². The van der Waals surface area contributed by atoms with Crippen molar-refractivity contribution >= 4 is 10.1 Å². The van der Waals surface area contributed by atoms with Crippen molar-refractivity contribution in [3.05, 3.63) is 12.3 Å². The molecule has 5 heteroatoms. The van der Waals surface area contributed by atoms with Gasteiger partial charge in [-0.05, 0) is 27.0 Å². The third kappa shape index (κ3) is 3.73. The fraction of sp³-hybridized carbons (Fsp3) is 0.714. The van der Waals surface area contributed by atoms with Crippen LogP contribution in [0.5, 0.6) is 0 Å². The number of nitrogens with one attached hydrogen (secondary N) is 1. The molecular formula is C7H15NO3S. The van der Waals surface area contributed by atoms with Crippen LogP contribution in [-0.2, 0) is 10.1 Å². The van der Waals surface area contributed by atoms with Gasteiger partial charge in [-0.2, -0.15) is 8.42 Å². The van der Waals surface area contributed by atoms with Gasteiger partial charge >= 0.3 is 0 Å². The quantitative estimate of drug-likeness (QED) is 0.647. The van der Waals surface area contributed by atoms with Gasteiger partial charge in [0.2, 0.25) is 0 Å². The lowest BCUT2D eigenvalue weighted by Crippen LogP contribution is -2.37. The summed E-state index contributed by atoms with van der Waals surface area (Å²) in [6, 6.07) is -0.295. The number of hydrogen-bond acceptors (Lipinski definition) is 3. The zero-order valence-corrected chi connectivity index (χ0v) is 8.30. The van der Waals surface area contributed by atoms with Crippen LogP contribution in [0.4, 0.5) is 0 Å². The lowest BCUT2D eigenvalue weighted by atomic mass is 10.2. The van der Waals surface area contributed by atoms with Gasteiger partial charge in [0.25, 0.3) is 10.1 Å². The topological polar surface area (TPSA) is 66.4 Å². The molecule has 0 aromatic rings. The molecule has 0 fully saturated rings. The summed E-state index contributed by atoms with van der Waals surface area (Å²) in [5, 5.41) is 2.02. The first kappa shape index (κ1) is 11.4. The first-order chi connectivity index (χ1) is 5.39. The molecule has 0 aliphatic heterocycles. The van der Waals surface area contributed by atoms with Crippen LogP contribution in [-0.4, -0.2) is 24.3 Å². The Hall–Kier alpha value is -0.550. The van der Waals surface area contributed by atoms with Crippen molar-refractivity contribution in [1.29, 1.82) is 0 Å². The second-order valence-corrected chi connectivity index (χ2v) is 4.45. The SMILES string of the molecule is CC=CNC(C)C(C)S(=O)(=O)O. The highest BCUT2D eigenvalue weighted by atomic mass is 32.2. The highest BCUT2D eigenvalue weighted by Gasteiger charge is 2.22. The highest BCUT2D eigenvalue weighted by molar-refractivity contribution is 7.86. The van der Waals surface area contributed by atoms with Gasteiger partial charge in [0.05, 0.1) is 0 Å². The average Bonchev–Trinajstić information content (AvgIpc) is 1.97. The lowest BCUT2D eigenvalue weighted by molar-refractivity contribution is 0.453. The van der Waals surface area contributed by atoms with Gasteiger partial charge in [0.1, 0.15) is 5.25 Å². The van der Waals surface area contributed by atoms with Gasteiger partial charge in [-0.15, -0.1) is 0 Å². The van der Waals surface area contributed by atoms with Crippen molar-refractivity contribution in [2.24, 2.45) is 0 Å². The molecule has 0 bridgehead atoms. The largest absolute Gasteiger partial charge is 0.387 e. The van der Waals surface area contributed by atoms with Gasteiger partial charge in [-0.3, -0.25) is 4.55 Å². The standard InChI is InChI=1S/C7H15NO3S/c1-4-5-8-6(2)7(3)12(9,10)11/h4-8H,1-3H3,(H,9,10,11). The Bertz CT molecular complexity index is 245. The molecule has 12 heavy (non-hydrogen) atoms. The molecule has 72 valence electrons. The Morgan fingerprint density at radius 1 is 1.42 bits per heavy atom. The van der Waals surface area contributed by atoms with Crippen LogP contribution in [0.1, 0.15) is 20.8 Å². The van der Waals surface area contributed by atoms with Crippen LogP contribution in [0.3, 0.4) is 0 Å².